The van der Waals surface area contributed by atoms with Gasteiger partial charge in [0.1, 0.15) is 5.54 Å². The summed E-state index contributed by atoms with van der Waals surface area (Å²) in [5.74, 6) is 1.19. The topological polar surface area (TPSA) is 45.0 Å². The normalized spacial score (nSPS) is 39.5. The number of ether oxygens (including phenoxy) is 1. The van der Waals surface area contributed by atoms with Gasteiger partial charge in [0.2, 0.25) is 0 Å². The second-order valence-electron chi connectivity index (χ2n) is 4.72. The summed E-state index contributed by atoms with van der Waals surface area (Å²) in [6.45, 7) is 3.88. The van der Waals surface area contributed by atoms with Gasteiger partial charge in [-0.05, 0) is 31.4 Å². The van der Waals surface area contributed by atoms with Gasteiger partial charge in [0.25, 0.3) is 0 Å². The van der Waals surface area contributed by atoms with Crippen LogP contribution in [-0.4, -0.2) is 35.8 Å². The Morgan fingerprint density at radius 3 is 3.06 bits per heavy atom. The molecule has 0 aliphatic carbocycles. The SMILES string of the molecule is CC1SCCCC1(C#N)NCC1CCCO1. The molecule has 0 aromatic heterocycles. The average Bonchev–Trinajstić information content (AvgIpc) is 2.82. The predicted octanol–water partition coefficient (Wildman–Crippen LogP) is 1.93. The number of nitriles is 1. The Morgan fingerprint density at radius 1 is 1.56 bits per heavy atom. The minimum Gasteiger partial charge on any atom is -0.377 e. The van der Waals surface area contributed by atoms with E-state index in [1.165, 1.54) is 5.75 Å². The summed E-state index contributed by atoms with van der Waals surface area (Å²) in [7, 11) is 0. The Balaban J connectivity index is 1.90. The maximum absolute atomic E-state index is 9.42. The van der Waals surface area contributed by atoms with E-state index in [9.17, 15) is 5.26 Å². The lowest BCUT2D eigenvalue weighted by Gasteiger charge is -2.37. The van der Waals surface area contributed by atoms with Crippen molar-refractivity contribution in [3.05, 3.63) is 0 Å². The van der Waals surface area contributed by atoms with E-state index in [0.29, 0.717) is 11.4 Å². The van der Waals surface area contributed by atoms with Crippen LogP contribution in [0.5, 0.6) is 0 Å². The molecule has 0 saturated carbocycles. The van der Waals surface area contributed by atoms with Gasteiger partial charge in [-0.25, -0.2) is 0 Å². The molecule has 3 nitrogen and oxygen atoms in total. The monoisotopic (exact) mass is 240 g/mol. The first kappa shape index (κ1) is 12.2. The van der Waals surface area contributed by atoms with Crippen LogP contribution in [-0.2, 0) is 4.74 Å². The molecular formula is C12H20N2OS. The summed E-state index contributed by atoms with van der Waals surface area (Å²) < 4.78 is 5.59. The Kier molecular flexibility index (Phi) is 4.12. The summed E-state index contributed by atoms with van der Waals surface area (Å²) in [6.07, 6.45) is 4.74. The van der Waals surface area contributed by atoms with Crippen LogP contribution in [0.2, 0.25) is 0 Å². The highest BCUT2D eigenvalue weighted by molar-refractivity contribution is 8.00. The molecule has 90 valence electrons. The second-order valence-corrected chi connectivity index (χ2v) is 6.16. The van der Waals surface area contributed by atoms with Crippen LogP contribution in [0, 0.1) is 11.3 Å². The number of nitrogens with zero attached hydrogens (tertiary/aromatic N) is 1. The van der Waals surface area contributed by atoms with Crippen LogP contribution in [0.4, 0.5) is 0 Å². The third kappa shape index (κ3) is 2.53. The molecular weight excluding hydrogens is 220 g/mol. The van der Waals surface area contributed by atoms with Crippen molar-refractivity contribution in [1.29, 1.82) is 5.26 Å². The van der Waals surface area contributed by atoms with Crippen LogP contribution >= 0.6 is 11.8 Å². The average molecular weight is 240 g/mol. The molecule has 0 amide bonds. The summed E-state index contributed by atoms with van der Waals surface area (Å²) in [6, 6.07) is 2.50. The fourth-order valence-corrected chi connectivity index (χ4v) is 3.68. The molecule has 0 spiro atoms. The molecule has 0 bridgehead atoms. The van der Waals surface area contributed by atoms with E-state index in [1.807, 2.05) is 11.8 Å². The summed E-state index contributed by atoms with van der Waals surface area (Å²) in [5.41, 5.74) is -0.325. The van der Waals surface area contributed by atoms with Crippen molar-refractivity contribution < 1.29 is 4.74 Å². The second kappa shape index (κ2) is 5.39. The van der Waals surface area contributed by atoms with Crippen molar-refractivity contribution in [1.82, 2.24) is 5.32 Å². The summed E-state index contributed by atoms with van der Waals surface area (Å²) >= 11 is 1.91. The Morgan fingerprint density at radius 2 is 2.44 bits per heavy atom. The van der Waals surface area contributed by atoms with Crippen molar-refractivity contribution in [3.8, 4) is 6.07 Å². The molecule has 1 N–H and O–H groups in total. The number of nitrogens with one attached hydrogen (secondary N) is 1. The van der Waals surface area contributed by atoms with E-state index in [-0.39, 0.29) is 5.54 Å². The van der Waals surface area contributed by atoms with Gasteiger partial charge >= 0.3 is 0 Å². The molecule has 0 aromatic rings. The molecule has 0 radical (unpaired) electrons. The predicted molar refractivity (Wildman–Crippen MR) is 66.5 cm³/mol. The molecule has 2 aliphatic rings. The molecule has 2 heterocycles. The zero-order chi connectivity index (χ0) is 11.4. The van der Waals surface area contributed by atoms with E-state index in [1.54, 1.807) is 0 Å². The van der Waals surface area contributed by atoms with Gasteiger partial charge in [0.15, 0.2) is 0 Å². The van der Waals surface area contributed by atoms with Gasteiger partial charge in [0, 0.05) is 18.4 Å². The third-order valence-corrected chi connectivity index (χ3v) is 5.07. The van der Waals surface area contributed by atoms with E-state index in [0.717, 1.165) is 38.8 Å². The van der Waals surface area contributed by atoms with E-state index >= 15 is 0 Å². The first-order valence-corrected chi connectivity index (χ1v) is 7.21. The van der Waals surface area contributed by atoms with Gasteiger partial charge < -0.3 is 4.74 Å². The maximum Gasteiger partial charge on any atom is 0.118 e. The van der Waals surface area contributed by atoms with Gasteiger partial charge in [0.05, 0.1) is 12.2 Å². The quantitative estimate of drug-likeness (QED) is 0.819. The lowest BCUT2D eigenvalue weighted by molar-refractivity contribution is 0.103. The minimum absolute atomic E-state index is 0.323. The molecule has 2 rings (SSSR count). The Bertz CT molecular complexity index is 273. The van der Waals surface area contributed by atoms with Crippen molar-refractivity contribution in [2.24, 2.45) is 0 Å². The van der Waals surface area contributed by atoms with Crippen LogP contribution in [0.1, 0.15) is 32.6 Å². The molecule has 0 aromatic carbocycles. The summed E-state index contributed by atoms with van der Waals surface area (Å²) in [4.78, 5) is 0. The van der Waals surface area contributed by atoms with Crippen LogP contribution in [0.15, 0.2) is 0 Å². The van der Waals surface area contributed by atoms with Gasteiger partial charge in [-0.15, -0.1) is 0 Å². The maximum atomic E-state index is 9.42. The molecule has 3 atom stereocenters. The van der Waals surface area contributed by atoms with Crippen LogP contribution in [0.25, 0.3) is 0 Å². The third-order valence-electron chi connectivity index (χ3n) is 3.65. The highest BCUT2D eigenvalue weighted by Gasteiger charge is 2.39. The molecule has 2 aliphatic heterocycles. The van der Waals surface area contributed by atoms with E-state index in [4.69, 9.17) is 4.74 Å². The largest absolute Gasteiger partial charge is 0.377 e. The van der Waals surface area contributed by atoms with E-state index < -0.39 is 0 Å². The molecule has 2 fully saturated rings. The van der Waals surface area contributed by atoms with Gasteiger partial charge in [-0.1, -0.05) is 6.92 Å². The zero-order valence-electron chi connectivity index (χ0n) is 9.87. The van der Waals surface area contributed by atoms with Gasteiger partial charge in [-0.3, -0.25) is 5.32 Å². The first-order valence-electron chi connectivity index (χ1n) is 6.16. The lowest BCUT2D eigenvalue weighted by atomic mass is 9.91. The molecule has 2 saturated heterocycles. The number of thioether (sulfide) groups is 1. The van der Waals surface area contributed by atoms with Crippen LogP contribution < -0.4 is 5.32 Å². The standard InChI is InChI=1S/C12H20N2OS/c1-10-12(9-13,5-3-7-16-10)14-8-11-4-2-6-15-11/h10-11,14H,2-8H2,1H3. The lowest BCUT2D eigenvalue weighted by Crippen LogP contribution is -2.54. The first-order chi connectivity index (χ1) is 7.77. The highest BCUT2D eigenvalue weighted by Crippen LogP contribution is 2.33. The molecule has 16 heavy (non-hydrogen) atoms. The minimum atomic E-state index is -0.325. The highest BCUT2D eigenvalue weighted by atomic mass is 32.2. The number of rotatable bonds is 3. The number of hydrogen-bond acceptors (Lipinski definition) is 4. The van der Waals surface area contributed by atoms with Crippen molar-refractivity contribution >= 4 is 11.8 Å². The van der Waals surface area contributed by atoms with Crippen molar-refractivity contribution in [2.45, 2.75) is 49.5 Å². The van der Waals surface area contributed by atoms with Crippen LogP contribution in [0.3, 0.4) is 0 Å². The zero-order valence-corrected chi connectivity index (χ0v) is 10.7. The van der Waals surface area contributed by atoms with E-state index in [2.05, 4.69) is 18.3 Å². The van der Waals surface area contributed by atoms with Gasteiger partial charge in [-0.2, -0.15) is 17.0 Å². The molecule has 3 unspecified atom stereocenters. The summed E-state index contributed by atoms with van der Waals surface area (Å²) in [5, 5.41) is 13.3. The smallest absolute Gasteiger partial charge is 0.118 e. The Labute approximate surface area is 102 Å². The fraction of sp³-hybridized carbons (Fsp3) is 0.917. The van der Waals surface area contributed by atoms with Crippen molar-refractivity contribution in [2.75, 3.05) is 18.9 Å². The number of hydrogen-bond donors (Lipinski definition) is 1. The van der Waals surface area contributed by atoms with Crippen molar-refractivity contribution in [3.63, 3.8) is 0 Å². The Hall–Kier alpha value is -0.240. The molecule has 4 heteroatoms. The fourth-order valence-electron chi connectivity index (χ4n) is 2.48.